The summed E-state index contributed by atoms with van der Waals surface area (Å²) < 4.78 is 1.00. The summed E-state index contributed by atoms with van der Waals surface area (Å²) in [6.45, 7) is 3.17. The summed E-state index contributed by atoms with van der Waals surface area (Å²) in [6, 6.07) is 1.87. The van der Waals surface area contributed by atoms with E-state index < -0.39 is 0 Å². The molecule has 1 N–H and O–H groups in total. The molecule has 100 valence electrons. The van der Waals surface area contributed by atoms with Crippen LogP contribution in [0.4, 0.5) is 0 Å². The molecule has 0 aliphatic carbocycles. The van der Waals surface area contributed by atoms with Crippen molar-refractivity contribution < 1.29 is 4.79 Å². The van der Waals surface area contributed by atoms with Crippen molar-refractivity contribution >= 4 is 33.2 Å². The fraction of sp³-hybridized carbons (Fsp3) is 0.615. The molecule has 1 saturated heterocycles. The zero-order chi connectivity index (χ0) is 13.0. The number of rotatable bonds is 4. The van der Waals surface area contributed by atoms with Crippen LogP contribution in [0.3, 0.4) is 0 Å². The summed E-state index contributed by atoms with van der Waals surface area (Å²) in [5, 5.41) is 4.89. The zero-order valence-electron chi connectivity index (χ0n) is 10.6. The van der Waals surface area contributed by atoms with Gasteiger partial charge in [0, 0.05) is 11.9 Å². The first-order valence-electron chi connectivity index (χ1n) is 6.36. The third-order valence-electron chi connectivity index (χ3n) is 3.51. The van der Waals surface area contributed by atoms with Gasteiger partial charge in [-0.2, -0.15) is 0 Å². The lowest BCUT2D eigenvalue weighted by molar-refractivity contribution is 0.0949. The number of piperidine rings is 1. The lowest BCUT2D eigenvalue weighted by Crippen LogP contribution is -2.32. The molecule has 1 aromatic rings. The van der Waals surface area contributed by atoms with Crippen molar-refractivity contribution in [3.8, 4) is 0 Å². The Balaban J connectivity index is 1.67. The molecule has 3 nitrogen and oxygen atoms in total. The quantitative estimate of drug-likeness (QED) is 0.920. The number of nitrogens with one attached hydrogen (secondary N) is 1. The first-order chi connectivity index (χ1) is 8.65. The number of amides is 1. The molecule has 1 amide bonds. The minimum Gasteiger partial charge on any atom is -0.352 e. The van der Waals surface area contributed by atoms with E-state index in [0.717, 1.165) is 28.2 Å². The van der Waals surface area contributed by atoms with Crippen molar-refractivity contribution in [2.75, 3.05) is 26.7 Å². The molecular weight excluding hydrogens is 312 g/mol. The SMILES string of the molecule is CN1CCC(CCNC(=O)c2csc(Br)c2)CC1. The Morgan fingerprint density at radius 2 is 2.28 bits per heavy atom. The molecule has 1 aliphatic heterocycles. The van der Waals surface area contributed by atoms with Gasteiger partial charge in [0.15, 0.2) is 0 Å². The summed E-state index contributed by atoms with van der Waals surface area (Å²) in [5.74, 6) is 0.820. The van der Waals surface area contributed by atoms with Gasteiger partial charge in [-0.15, -0.1) is 11.3 Å². The average Bonchev–Trinajstić information content (AvgIpc) is 2.78. The van der Waals surface area contributed by atoms with Crippen LogP contribution in [0, 0.1) is 5.92 Å². The highest BCUT2D eigenvalue weighted by Crippen LogP contribution is 2.21. The van der Waals surface area contributed by atoms with Gasteiger partial charge in [0.2, 0.25) is 0 Å². The third-order valence-corrected chi connectivity index (χ3v) is 5.01. The van der Waals surface area contributed by atoms with E-state index in [1.54, 1.807) is 11.3 Å². The number of nitrogens with zero attached hydrogens (tertiary/aromatic N) is 1. The first-order valence-corrected chi connectivity index (χ1v) is 8.03. The molecule has 0 spiro atoms. The number of hydrogen-bond acceptors (Lipinski definition) is 3. The molecule has 1 fully saturated rings. The smallest absolute Gasteiger partial charge is 0.252 e. The fourth-order valence-corrected chi connectivity index (χ4v) is 3.41. The average molecular weight is 331 g/mol. The maximum atomic E-state index is 11.8. The molecule has 1 aromatic heterocycles. The topological polar surface area (TPSA) is 32.3 Å². The second kappa shape index (κ2) is 6.68. The number of halogens is 1. The molecule has 5 heteroatoms. The van der Waals surface area contributed by atoms with Gasteiger partial charge in [-0.25, -0.2) is 0 Å². The van der Waals surface area contributed by atoms with E-state index in [-0.39, 0.29) is 5.91 Å². The lowest BCUT2D eigenvalue weighted by Gasteiger charge is -2.28. The summed E-state index contributed by atoms with van der Waals surface area (Å²) in [7, 11) is 2.17. The first kappa shape index (κ1) is 14.0. The molecule has 0 saturated carbocycles. The van der Waals surface area contributed by atoms with Crippen molar-refractivity contribution in [2.24, 2.45) is 5.92 Å². The monoisotopic (exact) mass is 330 g/mol. The van der Waals surface area contributed by atoms with Gasteiger partial charge < -0.3 is 10.2 Å². The van der Waals surface area contributed by atoms with Crippen LogP contribution < -0.4 is 5.32 Å². The Morgan fingerprint density at radius 1 is 1.56 bits per heavy atom. The normalized spacial score (nSPS) is 17.9. The van der Waals surface area contributed by atoms with Crippen LogP contribution in [0.5, 0.6) is 0 Å². The Morgan fingerprint density at radius 3 is 2.89 bits per heavy atom. The Kier molecular flexibility index (Phi) is 5.21. The second-order valence-corrected chi connectivity index (χ2v) is 7.22. The van der Waals surface area contributed by atoms with E-state index in [2.05, 4.69) is 33.2 Å². The molecule has 18 heavy (non-hydrogen) atoms. The maximum Gasteiger partial charge on any atom is 0.252 e. The molecule has 1 aliphatic rings. The molecule has 2 heterocycles. The Labute approximate surface area is 121 Å². The van der Waals surface area contributed by atoms with Crippen LogP contribution in [-0.2, 0) is 0 Å². The van der Waals surface area contributed by atoms with Gasteiger partial charge in [-0.3, -0.25) is 4.79 Å². The van der Waals surface area contributed by atoms with E-state index in [1.807, 2.05) is 11.4 Å². The molecule has 0 unspecified atom stereocenters. The van der Waals surface area contributed by atoms with Gasteiger partial charge in [0.25, 0.3) is 5.91 Å². The minimum atomic E-state index is 0.0462. The lowest BCUT2D eigenvalue weighted by atomic mass is 9.94. The van der Waals surface area contributed by atoms with E-state index in [9.17, 15) is 4.79 Å². The van der Waals surface area contributed by atoms with Crippen LogP contribution >= 0.6 is 27.3 Å². The zero-order valence-corrected chi connectivity index (χ0v) is 13.0. The summed E-state index contributed by atoms with van der Waals surface area (Å²) in [6.07, 6.45) is 3.62. The third kappa shape index (κ3) is 4.07. The molecule has 0 radical (unpaired) electrons. The molecule has 0 bridgehead atoms. The van der Waals surface area contributed by atoms with Crippen molar-refractivity contribution in [3.63, 3.8) is 0 Å². The van der Waals surface area contributed by atoms with Gasteiger partial charge in [0.1, 0.15) is 0 Å². The van der Waals surface area contributed by atoms with E-state index in [1.165, 1.54) is 25.9 Å². The highest BCUT2D eigenvalue weighted by atomic mass is 79.9. The van der Waals surface area contributed by atoms with Crippen LogP contribution in [-0.4, -0.2) is 37.5 Å². The minimum absolute atomic E-state index is 0.0462. The second-order valence-electron chi connectivity index (χ2n) is 4.93. The number of carbonyl (C=O) groups excluding carboxylic acids is 1. The van der Waals surface area contributed by atoms with Crippen molar-refractivity contribution in [1.82, 2.24) is 10.2 Å². The van der Waals surface area contributed by atoms with Crippen LogP contribution in [0.2, 0.25) is 0 Å². The number of carbonyl (C=O) groups is 1. The van der Waals surface area contributed by atoms with Gasteiger partial charge >= 0.3 is 0 Å². The van der Waals surface area contributed by atoms with E-state index in [4.69, 9.17) is 0 Å². The van der Waals surface area contributed by atoms with Crippen molar-refractivity contribution in [3.05, 3.63) is 20.8 Å². The predicted molar refractivity (Wildman–Crippen MR) is 79.2 cm³/mol. The van der Waals surface area contributed by atoms with Gasteiger partial charge in [-0.05, 0) is 67.3 Å². The Hall–Kier alpha value is -0.390. The number of hydrogen-bond donors (Lipinski definition) is 1. The Bertz CT molecular complexity index is 399. The number of thiophene rings is 1. The van der Waals surface area contributed by atoms with Crippen LogP contribution in [0.15, 0.2) is 15.2 Å². The summed E-state index contributed by atoms with van der Waals surface area (Å²) in [4.78, 5) is 14.2. The standard InChI is InChI=1S/C13H19BrN2OS/c1-16-6-3-10(4-7-16)2-5-15-13(17)11-8-12(14)18-9-11/h8-10H,2-7H2,1H3,(H,15,17). The highest BCUT2D eigenvalue weighted by molar-refractivity contribution is 9.11. The van der Waals surface area contributed by atoms with Crippen molar-refractivity contribution in [1.29, 1.82) is 0 Å². The van der Waals surface area contributed by atoms with Crippen molar-refractivity contribution in [2.45, 2.75) is 19.3 Å². The van der Waals surface area contributed by atoms with Crippen LogP contribution in [0.25, 0.3) is 0 Å². The maximum absolute atomic E-state index is 11.8. The molecule has 0 aromatic carbocycles. The highest BCUT2D eigenvalue weighted by Gasteiger charge is 2.16. The molecule has 2 rings (SSSR count). The van der Waals surface area contributed by atoms with Gasteiger partial charge in [0.05, 0.1) is 9.35 Å². The van der Waals surface area contributed by atoms with E-state index in [0.29, 0.717) is 0 Å². The van der Waals surface area contributed by atoms with Crippen LogP contribution in [0.1, 0.15) is 29.6 Å². The fourth-order valence-electron chi connectivity index (χ4n) is 2.27. The largest absolute Gasteiger partial charge is 0.352 e. The summed E-state index contributed by atoms with van der Waals surface area (Å²) in [5.41, 5.74) is 0.759. The number of likely N-dealkylation sites (tertiary alicyclic amines) is 1. The predicted octanol–water partition coefficient (Wildman–Crippen LogP) is 2.97. The van der Waals surface area contributed by atoms with Gasteiger partial charge in [-0.1, -0.05) is 0 Å². The summed E-state index contributed by atoms with van der Waals surface area (Å²) >= 11 is 4.92. The molecular formula is C13H19BrN2OS. The molecule has 0 atom stereocenters. The van der Waals surface area contributed by atoms with E-state index >= 15 is 0 Å².